The standard InChI is InChI=1S/C7H12F2N2O/c8-6(9)2-5-11-4-1-3-10-7(11)12/h6H,1-5H2,(H,10,12). The molecule has 1 aliphatic rings. The van der Waals surface area contributed by atoms with Gasteiger partial charge in [-0.3, -0.25) is 0 Å². The Morgan fingerprint density at radius 2 is 2.33 bits per heavy atom. The van der Waals surface area contributed by atoms with Crippen LogP contribution in [0.3, 0.4) is 0 Å². The van der Waals surface area contributed by atoms with E-state index in [1.54, 1.807) is 0 Å². The second-order valence-electron chi connectivity index (χ2n) is 2.75. The van der Waals surface area contributed by atoms with E-state index < -0.39 is 6.43 Å². The Morgan fingerprint density at radius 3 is 2.92 bits per heavy atom. The highest BCUT2D eigenvalue weighted by molar-refractivity contribution is 5.74. The molecule has 0 aromatic heterocycles. The molecule has 0 spiro atoms. The van der Waals surface area contributed by atoms with E-state index in [9.17, 15) is 13.6 Å². The van der Waals surface area contributed by atoms with Crippen LogP contribution in [0.1, 0.15) is 12.8 Å². The molecule has 5 heteroatoms. The summed E-state index contributed by atoms with van der Waals surface area (Å²) in [4.78, 5) is 12.4. The van der Waals surface area contributed by atoms with Crippen LogP contribution in [0.5, 0.6) is 0 Å². The van der Waals surface area contributed by atoms with Crippen LogP contribution in [0.15, 0.2) is 0 Å². The summed E-state index contributed by atoms with van der Waals surface area (Å²) < 4.78 is 23.5. The molecule has 1 fully saturated rings. The molecule has 1 saturated heterocycles. The molecule has 0 radical (unpaired) electrons. The van der Waals surface area contributed by atoms with Crippen molar-refractivity contribution in [3.63, 3.8) is 0 Å². The fourth-order valence-electron chi connectivity index (χ4n) is 1.15. The van der Waals surface area contributed by atoms with Crippen molar-refractivity contribution in [3.05, 3.63) is 0 Å². The van der Waals surface area contributed by atoms with Crippen molar-refractivity contribution < 1.29 is 13.6 Å². The SMILES string of the molecule is O=C1NCCCN1CCC(F)F. The van der Waals surface area contributed by atoms with E-state index in [1.807, 2.05) is 0 Å². The van der Waals surface area contributed by atoms with Gasteiger partial charge in [-0.05, 0) is 6.42 Å². The number of hydrogen-bond acceptors (Lipinski definition) is 1. The molecule has 1 aliphatic heterocycles. The normalized spacial score (nSPS) is 18.2. The van der Waals surface area contributed by atoms with Gasteiger partial charge in [-0.2, -0.15) is 0 Å². The zero-order chi connectivity index (χ0) is 8.97. The summed E-state index contributed by atoms with van der Waals surface area (Å²) in [5.41, 5.74) is 0. The number of urea groups is 1. The van der Waals surface area contributed by atoms with Crippen LogP contribution in [-0.2, 0) is 0 Å². The maximum absolute atomic E-state index is 11.8. The Morgan fingerprint density at radius 1 is 1.58 bits per heavy atom. The minimum atomic E-state index is -2.32. The third-order valence-electron chi connectivity index (χ3n) is 1.79. The number of amides is 2. The second-order valence-corrected chi connectivity index (χ2v) is 2.75. The van der Waals surface area contributed by atoms with Crippen molar-refractivity contribution in [2.24, 2.45) is 0 Å². The van der Waals surface area contributed by atoms with Crippen molar-refractivity contribution in [1.29, 1.82) is 0 Å². The van der Waals surface area contributed by atoms with Crippen LogP contribution in [0.2, 0.25) is 0 Å². The van der Waals surface area contributed by atoms with Gasteiger partial charge in [0.15, 0.2) is 0 Å². The molecule has 70 valence electrons. The Balaban J connectivity index is 2.25. The number of hydrogen-bond donors (Lipinski definition) is 1. The molecule has 0 atom stereocenters. The van der Waals surface area contributed by atoms with Gasteiger partial charge in [0.05, 0.1) is 0 Å². The first-order valence-corrected chi connectivity index (χ1v) is 4.01. The number of rotatable bonds is 3. The number of halogens is 2. The van der Waals surface area contributed by atoms with Crippen molar-refractivity contribution >= 4 is 6.03 Å². The van der Waals surface area contributed by atoms with Gasteiger partial charge in [0.1, 0.15) is 0 Å². The van der Waals surface area contributed by atoms with Gasteiger partial charge in [-0.1, -0.05) is 0 Å². The van der Waals surface area contributed by atoms with Crippen LogP contribution >= 0.6 is 0 Å². The summed E-state index contributed by atoms with van der Waals surface area (Å²) in [6, 6.07) is -0.220. The average molecular weight is 178 g/mol. The van der Waals surface area contributed by atoms with Crippen LogP contribution in [0, 0.1) is 0 Å². The third-order valence-corrected chi connectivity index (χ3v) is 1.79. The molecule has 0 aromatic rings. The Bertz CT molecular complexity index is 163. The minimum Gasteiger partial charge on any atom is -0.338 e. The predicted octanol–water partition coefficient (Wildman–Crippen LogP) is 1.06. The van der Waals surface area contributed by atoms with E-state index in [0.717, 1.165) is 6.42 Å². The molecule has 0 bridgehead atoms. The minimum absolute atomic E-state index is 0.156. The average Bonchev–Trinajstić information content (AvgIpc) is 2.03. The van der Waals surface area contributed by atoms with E-state index in [-0.39, 0.29) is 19.0 Å². The van der Waals surface area contributed by atoms with Crippen molar-refractivity contribution in [2.45, 2.75) is 19.3 Å². The van der Waals surface area contributed by atoms with Gasteiger partial charge < -0.3 is 10.2 Å². The van der Waals surface area contributed by atoms with E-state index in [1.165, 1.54) is 4.90 Å². The lowest BCUT2D eigenvalue weighted by Gasteiger charge is -2.27. The quantitative estimate of drug-likeness (QED) is 0.688. The van der Waals surface area contributed by atoms with E-state index in [0.29, 0.717) is 13.1 Å². The second kappa shape index (κ2) is 4.23. The summed E-state index contributed by atoms with van der Waals surface area (Å²) in [6.07, 6.45) is -1.71. The van der Waals surface area contributed by atoms with Gasteiger partial charge in [0.2, 0.25) is 6.43 Å². The van der Waals surface area contributed by atoms with Gasteiger partial charge >= 0.3 is 6.03 Å². The zero-order valence-corrected chi connectivity index (χ0v) is 6.72. The fraction of sp³-hybridized carbons (Fsp3) is 0.857. The van der Waals surface area contributed by atoms with E-state index >= 15 is 0 Å². The van der Waals surface area contributed by atoms with E-state index in [2.05, 4.69) is 5.32 Å². The first kappa shape index (κ1) is 9.22. The molecule has 0 unspecified atom stereocenters. The molecule has 1 N–H and O–H groups in total. The summed E-state index contributed by atoms with van der Waals surface area (Å²) >= 11 is 0. The number of nitrogens with one attached hydrogen (secondary N) is 1. The lowest BCUT2D eigenvalue weighted by atomic mass is 10.3. The first-order valence-electron chi connectivity index (χ1n) is 4.01. The molecule has 0 aromatic carbocycles. The highest BCUT2D eigenvalue weighted by atomic mass is 19.3. The largest absolute Gasteiger partial charge is 0.338 e. The molecule has 12 heavy (non-hydrogen) atoms. The number of carbonyl (C=O) groups excluding carboxylic acids is 1. The van der Waals surface area contributed by atoms with Crippen molar-refractivity contribution in [1.82, 2.24) is 10.2 Å². The van der Waals surface area contributed by atoms with Crippen LogP contribution < -0.4 is 5.32 Å². The highest BCUT2D eigenvalue weighted by Crippen LogP contribution is 2.04. The zero-order valence-electron chi connectivity index (χ0n) is 6.72. The van der Waals surface area contributed by atoms with Gasteiger partial charge in [-0.15, -0.1) is 0 Å². The molecule has 2 amide bonds. The lowest BCUT2D eigenvalue weighted by molar-refractivity contribution is 0.117. The summed E-state index contributed by atoms with van der Waals surface area (Å²) in [7, 11) is 0. The van der Waals surface area contributed by atoms with Gasteiger partial charge in [0.25, 0.3) is 0 Å². The van der Waals surface area contributed by atoms with Gasteiger partial charge in [-0.25, -0.2) is 13.6 Å². The summed E-state index contributed by atoms with van der Waals surface area (Å²) in [5.74, 6) is 0. The number of nitrogens with zero attached hydrogens (tertiary/aromatic N) is 1. The maximum Gasteiger partial charge on any atom is 0.317 e. The van der Waals surface area contributed by atoms with Crippen LogP contribution in [-0.4, -0.2) is 37.0 Å². The highest BCUT2D eigenvalue weighted by Gasteiger charge is 2.17. The molecule has 0 saturated carbocycles. The molecule has 1 rings (SSSR count). The van der Waals surface area contributed by atoms with Crippen LogP contribution in [0.4, 0.5) is 13.6 Å². The lowest BCUT2D eigenvalue weighted by Crippen LogP contribution is -2.46. The third kappa shape index (κ3) is 2.64. The first-order chi connectivity index (χ1) is 5.70. The fourth-order valence-corrected chi connectivity index (χ4v) is 1.15. The maximum atomic E-state index is 11.8. The molecular weight excluding hydrogens is 166 g/mol. The Kier molecular flexibility index (Phi) is 3.25. The Labute approximate surface area is 69.7 Å². The summed E-state index contributed by atoms with van der Waals surface area (Å²) in [6.45, 7) is 1.41. The molecule has 3 nitrogen and oxygen atoms in total. The molecule has 0 aliphatic carbocycles. The predicted molar refractivity (Wildman–Crippen MR) is 40.2 cm³/mol. The van der Waals surface area contributed by atoms with E-state index in [4.69, 9.17) is 0 Å². The summed E-state index contributed by atoms with van der Waals surface area (Å²) in [5, 5.41) is 2.60. The van der Waals surface area contributed by atoms with Crippen LogP contribution in [0.25, 0.3) is 0 Å². The van der Waals surface area contributed by atoms with Crippen molar-refractivity contribution in [2.75, 3.05) is 19.6 Å². The number of carbonyl (C=O) groups is 1. The number of alkyl halides is 2. The monoisotopic (exact) mass is 178 g/mol. The topological polar surface area (TPSA) is 32.3 Å². The smallest absolute Gasteiger partial charge is 0.317 e. The molecular formula is C7H12F2N2O. The van der Waals surface area contributed by atoms with Crippen molar-refractivity contribution in [3.8, 4) is 0 Å². The Hall–Kier alpha value is -0.870. The molecule has 1 heterocycles. The van der Waals surface area contributed by atoms with Gasteiger partial charge in [0, 0.05) is 26.1 Å².